The first kappa shape index (κ1) is 30.7. The molecule has 1 saturated heterocycles. The summed E-state index contributed by atoms with van der Waals surface area (Å²) >= 11 is 0.916. The molecule has 1 atom stereocenters. The number of anilines is 1. The molecule has 3 heterocycles. The fourth-order valence-corrected chi connectivity index (χ4v) is 6.29. The highest BCUT2D eigenvalue weighted by atomic mass is 32.1. The number of amides is 1. The summed E-state index contributed by atoms with van der Waals surface area (Å²) in [4.78, 5) is 45.8. The van der Waals surface area contributed by atoms with Gasteiger partial charge in [-0.15, -0.1) is 0 Å². The van der Waals surface area contributed by atoms with Gasteiger partial charge in [0.2, 0.25) is 0 Å². The van der Waals surface area contributed by atoms with E-state index < -0.39 is 29.5 Å². The Kier molecular flexibility index (Phi) is 8.62. The number of carbonyl (C=O) groups excluding carboxylic acids is 3. The molecule has 1 aromatic heterocycles. The quantitative estimate of drug-likeness (QED) is 0.106. The second-order valence-corrected chi connectivity index (χ2v) is 11.3. The van der Waals surface area contributed by atoms with Crippen LogP contribution in [0.15, 0.2) is 72.3 Å². The zero-order valence-electron chi connectivity index (χ0n) is 25.3. The molecule has 0 unspecified atom stereocenters. The van der Waals surface area contributed by atoms with Gasteiger partial charge >= 0.3 is 11.9 Å². The third kappa shape index (κ3) is 5.74. The number of benzene rings is 3. The zero-order valence-corrected chi connectivity index (χ0v) is 26.1. The normalized spacial score (nSPS) is 16.8. The van der Waals surface area contributed by atoms with Crippen molar-refractivity contribution in [3.63, 3.8) is 0 Å². The number of hydrogen-bond acceptors (Lipinski definition) is 11. The molecule has 0 spiro atoms. The van der Waals surface area contributed by atoms with Crippen molar-refractivity contribution in [3.8, 4) is 23.0 Å². The van der Waals surface area contributed by atoms with E-state index in [9.17, 15) is 19.5 Å². The maximum Gasteiger partial charge on any atom is 0.350 e. The van der Waals surface area contributed by atoms with Crippen LogP contribution >= 0.6 is 11.3 Å². The molecule has 12 heteroatoms. The van der Waals surface area contributed by atoms with Gasteiger partial charge in [0.05, 0.1) is 31.0 Å². The van der Waals surface area contributed by atoms with E-state index in [-0.39, 0.29) is 27.8 Å². The number of methoxy groups -OCH3 is 1. The molecule has 1 amide bonds. The van der Waals surface area contributed by atoms with Gasteiger partial charge in [-0.1, -0.05) is 47.7 Å². The van der Waals surface area contributed by atoms with E-state index >= 15 is 0 Å². The number of rotatable bonds is 9. The van der Waals surface area contributed by atoms with Crippen LogP contribution in [0.4, 0.5) is 5.13 Å². The number of hydrogen-bond donors (Lipinski definition) is 1. The molecule has 1 fully saturated rings. The number of aliphatic hydroxyl groups excluding tert-OH is 1. The first-order valence-corrected chi connectivity index (χ1v) is 15.3. The predicted molar refractivity (Wildman–Crippen MR) is 169 cm³/mol. The van der Waals surface area contributed by atoms with Gasteiger partial charge in [-0.25, -0.2) is 9.78 Å². The van der Waals surface area contributed by atoms with Gasteiger partial charge in [-0.2, -0.15) is 0 Å². The molecule has 6 rings (SSSR count). The molecule has 1 N–H and O–H groups in total. The van der Waals surface area contributed by atoms with Gasteiger partial charge in [0.25, 0.3) is 5.78 Å². The number of ether oxygens (including phenoxy) is 5. The monoisotopic (exact) mass is 642 g/mol. The first-order valence-electron chi connectivity index (χ1n) is 14.5. The number of aromatic nitrogens is 1. The second kappa shape index (κ2) is 12.9. The Morgan fingerprint density at radius 1 is 1.00 bits per heavy atom. The summed E-state index contributed by atoms with van der Waals surface area (Å²) in [5.41, 5.74) is 1.82. The third-order valence-corrected chi connectivity index (χ3v) is 8.58. The molecule has 11 nitrogen and oxygen atoms in total. The summed E-state index contributed by atoms with van der Waals surface area (Å²) in [6.07, 6.45) is 0. The lowest BCUT2D eigenvalue weighted by atomic mass is 9.95. The highest BCUT2D eigenvalue weighted by molar-refractivity contribution is 7.17. The van der Waals surface area contributed by atoms with Crippen LogP contribution in [0.2, 0.25) is 0 Å². The van der Waals surface area contributed by atoms with Crippen LogP contribution in [0.3, 0.4) is 0 Å². The van der Waals surface area contributed by atoms with Crippen molar-refractivity contribution < 1.29 is 43.2 Å². The van der Waals surface area contributed by atoms with E-state index in [4.69, 9.17) is 23.7 Å². The number of aryl methyl sites for hydroxylation is 1. The van der Waals surface area contributed by atoms with Gasteiger partial charge in [0.1, 0.15) is 30.5 Å². The van der Waals surface area contributed by atoms with Crippen LogP contribution < -0.4 is 23.8 Å². The minimum Gasteiger partial charge on any atom is -0.507 e. The maximum atomic E-state index is 13.8. The van der Waals surface area contributed by atoms with Crippen molar-refractivity contribution in [2.45, 2.75) is 26.5 Å². The van der Waals surface area contributed by atoms with E-state index in [2.05, 4.69) is 4.98 Å². The van der Waals surface area contributed by atoms with Crippen LogP contribution in [0.25, 0.3) is 5.76 Å². The molecule has 2 aliphatic rings. The van der Waals surface area contributed by atoms with E-state index in [1.54, 1.807) is 43.3 Å². The molecule has 3 aromatic carbocycles. The summed E-state index contributed by atoms with van der Waals surface area (Å²) < 4.78 is 28.2. The van der Waals surface area contributed by atoms with Crippen molar-refractivity contribution in [2.75, 3.05) is 31.8 Å². The zero-order chi connectivity index (χ0) is 32.4. The molecular weight excluding hydrogens is 612 g/mol. The molecule has 0 saturated carbocycles. The highest BCUT2D eigenvalue weighted by Gasteiger charge is 2.49. The third-order valence-electron chi connectivity index (χ3n) is 7.44. The lowest BCUT2D eigenvalue weighted by molar-refractivity contribution is -0.132. The first-order chi connectivity index (χ1) is 22.3. The summed E-state index contributed by atoms with van der Waals surface area (Å²) in [5.74, 6) is -1.14. The summed E-state index contributed by atoms with van der Waals surface area (Å²) in [5, 5.41) is 11.8. The number of aliphatic hydroxyl groups is 1. The number of Topliss-reactive ketones (excluding diaryl/α,β-unsaturated/α-hetero) is 1. The molecule has 0 bridgehead atoms. The van der Waals surface area contributed by atoms with Gasteiger partial charge in [-0.05, 0) is 55.3 Å². The smallest absolute Gasteiger partial charge is 0.350 e. The van der Waals surface area contributed by atoms with Crippen LogP contribution in [0.5, 0.6) is 23.0 Å². The molecular formula is C34H30N2O9S. The summed E-state index contributed by atoms with van der Waals surface area (Å²) in [6.45, 7) is 4.76. The average molecular weight is 643 g/mol. The fourth-order valence-electron chi connectivity index (χ4n) is 5.28. The van der Waals surface area contributed by atoms with E-state index in [0.29, 0.717) is 54.1 Å². The maximum absolute atomic E-state index is 13.8. The molecule has 4 aromatic rings. The fraction of sp³-hybridized carbons (Fsp3) is 0.235. The summed E-state index contributed by atoms with van der Waals surface area (Å²) in [7, 11) is 1.25. The van der Waals surface area contributed by atoms with Crippen molar-refractivity contribution in [1.82, 2.24) is 4.98 Å². The Labute approximate surface area is 268 Å². The van der Waals surface area contributed by atoms with Crippen LogP contribution in [-0.2, 0) is 20.9 Å². The highest BCUT2D eigenvalue weighted by Crippen LogP contribution is 2.46. The Bertz CT molecular complexity index is 1850. The number of thiazole rings is 1. The van der Waals surface area contributed by atoms with Crippen molar-refractivity contribution >= 4 is 39.9 Å². The number of esters is 1. The standard InChI is InChI=1S/C34H30N2O9S/c1-4-42-25-16-21(10-12-24(25)45-18-20-8-6-5-7-9-20)28-27(29(37)22-11-13-23-26(17-22)44-15-14-43-23)30(38)32(39)36(28)34-35-19(2)31(46-34)33(40)41-3/h5-13,16-17,28,37H,4,14-15,18H2,1-3H3/t28-/m1/s1. The molecule has 0 radical (unpaired) electrons. The van der Waals surface area contributed by atoms with Crippen molar-refractivity contribution in [2.24, 2.45) is 0 Å². The van der Waals surface area contributed by atoms with E-state index in [0.717, 1.165) is 16.9 Å². The van der Waals surface area contributed by atoms with Gasteiger partial charge in [0.15, 0.2) is 28.1 Å². The number of carbonyl (C=O) groups is 3. The lowest BCUT2D eigenvalue weighted by Gasteiger charge is -2.24. The molecule has 46 heavy (non-hydrogen) atoms. The number of nitrogens with zero attached hydrogens (tertiary/aromatic N) is 2. The van der Waals surface area contributed by atoms with Crippen LogP contribution in [-0.4, -0.2) is 54.7 Å². The van der Waals surface area contributed by atoms with Crippen LogP contribution in [0.1, 0.15) is 45.0 Å². The Balaban J connectivity index is 1.48. The Morgan fingerprint density at radius 2 is 1.76 bits per heavy atom. The van der Waals surface area contributed by atoms with E-state index in [1.165, 1.54) is 12.0 Å². The topological polar surface area (TPSA) is 134 Å². The minimum atomic E-state index is -1.13. The van der Waals surface area contributed by atoms with E-state index in [1.807, 2.05) is 37.3 Å². The second-order valence-electron chi connectivity index (χ2n) is 10.3. The lowest BCUT2D eigenvalue weighted by Crippen LogP contribution is -2.29. The molecule has 236 valence electrons. The van der Waals surface area contributed by atoms with Crippen molar-refractivity contribution in [3.05, 3.63) is 99.6 Å². The average Bonchev–Trinajstić information content (AvgIpc) is 3.59. The predicted octanol–water partition coefficient (Wildman–Crippen LogP) is 5.61. The molecule has 2 aliphatic heterocycles. The van der Waals surface area contributed by atoms with Gasteiger partial charge in [0, 0.05) is 5.56 Å². The summed E-state index contributed by atoms with van der Waals surface area (Å²) in [6, 6.07) is 18.4. The van der Waals surface area contributed by atoms with Crippen LogP contribution in [0, 0.1) is 6.92 Å². The van der Waals surface area contributed by atoms with Gasteiger partial charge < -0.3 is 28.8 Å². The molecule has 0 aliphatic carbocycles. The van der Waals surface area contributed by atoms with Crippen molar-refractivity contribution in [1.29, 1.82) is 0 Å². The number of ketones is 1. The Morgan fingerprint density at radius 3 is 2.50 bits per heavy atom. The minimum absolute atomic E-state index is 0.0913. The van der Waals surface area contributed by atoms with Gasteiger partial charge in [-0.3, -0.25) is 14.5 Å². The Hall–Kier alpha value is -5.36. The SMILES string of the molecule is CCOc1cc([C@@H]2C(=C(O)c3ccc4c(c3)OCCO4)C(=O)C(=O)N2c2nc(C)c(C(=O)OC)s2)ccc1OCc1ccccc1. The largest absolute Gasteiger partial charge is 0.507 e. The number of fused-ring (bicyclic) bond motifs is 1.